The zero-order valence-electron chi connectivity index (χ0n) is 16.0. The molecule has 140 valence electrons. The molecule has 1 aliphatic heterocycles. The molecule has 1 aromatic rings. The highest BCUT2D eigenvalue weighted by atomic mass is 32.2. The van der Waals surface area contributed by atoms with Crippen LogP contribution in [0.2, 0.25) is 0 Å². The summed E-state index contributed by atoms with van der Waals surface area (Å²) in [4.78, 5) is 14.4. The van der Waals surface area contributed by atoms with Crippen LogP contribution in [0.15, 0.2) is 4.90 Å². The van der Waals surface area contributed by atoms with Crippen LogP contribution in [0, 0.1) is 34.6 Å². The van der Waals surface area contributed by atoms with Crippen molar-refractivity contribution in [1.29, 1.82) is 0 Å². The van der Waals surface area contributed by atoms with Crippen molar-refractivity contribution in [2.24, 2.45) is 0 Å². The number of morpholine rings is 1. The zero-order chi connectivity index (χ0) is 18.9. The Hall–Kier alpha value is -1.44. The minimum atomic E-state index is -3.74. The third kappa shape index (κ3) is 3.73. The number of rotatable bonds is 4. The van der Waals surface area contributed by atoms with E-state index < -0.39 is 10.0 Å². The fraction of sp³-hybridized carbons (Fsp3) is 0.611. The Morgan fingerprint density at radius 1 is 0.960 bits per heavy atom. The van der Waals surface area contributed by atoms with Gasteiger partial charge in [-0.05, 0) is 62.4 Å². The molecule has 0 aliphatic carbocycles. The van der Waals surface area contributed by atoms with Crippen molar-refractivity contribution < 1.29 is 17.9 Å². The topological polar surface area (TPSA) is 66.9 Å². The fourth-order valence-corrected chi connectivity index (χ4v) is 4.87. The second kappa shape index (κ2) is 7.43. The molecule has 0 bridgehead atoms. The Bertz CT molecular complexity index is 752. The zero-order valence-corrected chi connectivity index (χ0v) is 16.8. The Morgan fingerprint density at radius 3 is 1.88 bits per heavy atom. The van der Waals surface area contributed by atoms with Crippen LogP contribution >= 0.6 is 0 Å². The van der Waals surface area contributed by atoms with Crippen molar-refractivity contribution in [3.63, 3.8) is 0 Å². The lowest BCUT2D eigenvalue weighted by atomic mass is 9.95. The van der Waals surface area contributed by atoms with E-state index in [1.807, 2.05) is 34.6 Å². The lowest BCUT2D eigenvalue weighted by molar-refractivity contribution is -0.135. The summed E-state index contributed by atoms with van der Waals surface area (Å²) in [7, 11) is -2.27. The van der Waals surface area contributed by atoms with Crippen molar-refractivity contribution in [3.8, 4) is 0 Å². The van der Waals surface area contributed by atoms with Crippen molar-refractivity contribution in [1.82, 2.24) is 9.21 Å². The largest absolute Gasteiger partial charge is 0.378 e. The molecule has 0 radical (unpaired) electrons. The highest BCUT2D eigenvalue weighted by Crippen LogP contribution is 2.31. The lowest BCUT2D eigenvalue weighted by Crippen LogP contribution is -2.46. The average molecular weight is 368 g/mol. The Balaban J connectivity index is 2.34. The number of benzene rings is 1. The van der Waals surface area contributed by atoms with Gasteiger partial charge in [0, 0.05) is 20.1 Å². The molecule has 1 saturated heterocycles. The van der Waals surface area contributed by atoms with E-state index in [0.717, 1.165) is 32.1 Å². The van der Waals surface area contributed by atoms with Crippen LogP contribution in [-0.2, 0) is 19.6 Å². The van der Waals surface area contributed by atoms with E-state index in [0.29, 0.717) is 31.2 Å². The highest BCUT2D eigenvalue weighted by molar-refractivity contribution is 7.89. The van der Waals surface area contributed by atoms with Gasteiger partial charge in [-0.3, -0.25) is 4.79 Å². The molecule has 25 heavy (non-hydrogen) atoms. The number of carbonyl (C=O) groups excluding carboxylic acids is 1. The van der Waals surface area contributed by atoms with E-state index in [-0.39, 0.29) is 12.5 Å². The molecule has 7 heteroatoms. The first-order valence-corrected chi connectivity index (χ1v) is 9.91. The second-order valence-electron chi connectivity index (χ2n) is 6.71. The first kappa shape index (κ1) is 19.9. The van der Waals surface area contributed by atoms with E-state index in [9.17, 15) is 13.2 Å². The molecule has 0 unspecified atom stereocenters. The van der Waals surface area contributed by atoms with Crippen LogP contribution in [0.1, 0.15) is 27.8 Å². The van der Waals surface area contributed by atoms with Crippen molar-refractivity contribution >= 4 is 15.9 Å². The number of likely N-dealkylation sites (N-methyl/N-ethyl adjacent to an activating group) is 1. The predicted octanol–water partition coefficient (Wildman–Crippen LogP) is 1.71. The van der Waals surface area contributed by atoms with Crippen LogP contribution in [0.3, 0.4) is 0 Å². The molecule has 0 atom stereocenters. The molecule has 1 aromatic carbocycles. The molecule has 1 fully saturated rings. The van der Waals surface area contributed by atoms with Gasteiger partial charge >= 0.3 is 0 Å². The SMILES string of the molecule is Cc1c(C)c(C)c(S(=O)(=O)N(C)CC(=O)N2CCOCC2)c(C)c1C. The molecule has 6 nitrogen and oxygen atoms in total. The third-order valence-corrected chi connectivity index (χ3v) is 7.40. The molecule has 1 amide bonds. The number of sulfonamides is 1. The quantitative estimate of drug-likeness (QED) is 0.811. The van der Waals surface area contributed by atoms with E-state index in [4.69, 9.17) is 4.74 Å². The minimum absolute atomic E-state index is 0.160. The smallest absolute Gasteiger partial charge is 0.243 e. The lowest BCUT2D eigenvalue weighted by Gasteiger charge is -2.29. The fourth-order valence-electron chi connectivity index (χ4n) is 3.20. The van der Waals surface area contributed by atoms with Gasteiger partial charge in [0.15, 0.2) is 0 Å². The molecule has 0 spiro atoms. The summed E-state index contributed by atoms with van der Waals surface area (Å²) in [6.45, 7) is 11.4. The molecular formula is C18H28N2O4S. The number of carbonyl (C=O) groups is 1. The van der Waals surface area contributed by atoms with Crippen LogP contribution < -0.4 is 0 Å². The molecular weight excluding hydrogens is 340 g/mol. The van der Waals surface area contributed by atoms with Gasteiger partial charge in [-0.1, -0.05) is 0 Å². The maximum absolute atomic E-state index is 13.1. The van der Waals surface area contributed by atoms with Crippen LogP contribution in [0.5, 0.6) is 0 Å². The first-order valence-electron chi connectivity index (χ1n) is 8.47. The average Bonchev–Trinajstić information content (AvgIpc) is 2.58. The van der Waals surface area contributed by atoms with E-state index in [1.165, 1.54) is 7.05 Å². The summed E-state index contributed by atoms with van der Waals surface area (Å²) in [5, 5.41) is 0. The normalized spacial score (nSPS) is 15.7. The maximum Gasteiger partial charge on any atom is 0.243 e. The highest BCUT2D eigenvalue weighted by Gasteiger charge is 2.30. The number of hydrogen-bond donors (Lipinski definition) is 0. The van der Waals surface area contributed by atoms with Crippen molar-refractivity contribution in [3.05, 3.63) is 27.8 Å². The number of hydrogen-bond acceptors (Lipinski definition) is 4. The molecule has 0 N–H and O–H groups in total. The summed E-state index contributed by atoms with van der Waals surface area (Å²) < 4.78 is 32.7. The van der Waals surface area contributed by atoms with E-state index in [1.54, 1.807) is 4.90 Å². The summed E-state index contributed by atoms with van der Waals surface area (Å²) >= 11 is 0. The Kier molecular flexibility index (Phi) is 5.91. The Labute approximate surface area is 150 Å². The van der Waals surface area contributed by atoms with Crippen LogP contribution in [0.4, 0.5) is 0 Å². The van der Waals surface area contributed by atoms with E-state index in [2.05, 4.69) is 0 Å². The van der Waals surface area contributed by atoms with Gasteiger partial charge in [-0.15, -0.1) is 0 Å². The minimum Gasteiger partial charge on any atom is -0.378 e. The molecule has 2 rings (SSSR count). The van der Waals surface area contributed by atoms with E-state index >= 15 is 0 Å². The monoisotopic (exact) mass is 368 g/mol. The summed E-state index contributed by atoms with van der Waals surface area (Å²) in [5.41, 5.74) is 4.59. The third-order valence-electron chi connectivity index (χ3n) is 5.32. The van der Waals surface area contributed by atoms with Gasteiger partial charge in [0.2, 0.25) is 15.9 Å². The predicted molar refractivity (Wildman–Crippen MR) is 97.3 cm³/mol. The number of nitrogens with zero attached hydrogens (tertiary/aromatic N) is 2. The van der Waals surface area contributed by atoms with Gasteiger partial charge in [-0.25, -0.2) is 8.42 Å². The molecule has 1 heterocycles. The van der Waals surface area contributed by atoms with Crippen molar-refractivity contribution in [2.75, 3.05) is 39.9 Å². The van der Waals surface area contributed by atoms with Gasteiger partial charge < -0.3 is 9.64 Å². The summed E-state index contributed by atoms with van der Waals surface area (Å²) in [5.74, 6) is -0.190. The van der Waals surface area contributed by atoms with Crippen LogP contribution in [-0.4, -0.2) is 63.4 Å². The number of ether oxygens (including phenoxy) is 1. The van der Waals surface area contributed by atoms with Gasteiger partial charge in [0.25, 0.3) is 0 Å². The molecule has 0 saturated carbocycles. The van der Waals surface area contributed by atoms with Gasteiger partial charge in [-0.2, -0.15) is 4.31 Å². The van der Waals surface area contributed by atoms with Gasteiger partial charge in [0.1, 0.15) is 0 Å². The maximum atomic E-state index is 13.1. The van der Waals surface area contributed by atoms with Crippen molar-refractivity contribution in [2.45, 2.75) is 39.5 Å². The molecule has 1 aliphatic rings. The standard InChI is InChI=1S/C18H28N2O4S/c1-12-13(2)15(4)18(16(5)14(12)3)25(22,23)19(6)11-17(21)20-7-9-24-10-8-20/h7-11H2,1-6H3. The summed E-state index contributed by atoms with van der Waals surface area (Å²) in [6, 6.07) is 0. The van der Waals surface area contributed by atoms with Gasteiger partial charge in [0.05, 0.1) is 24.7 Å². The first-order chi connectivity index (χ1) is 11.6. The summed E-state index contributed by atoms with van der Waals surface area (Å²) in [6.07, 6.45) is 0. The molecule has 0 aromatic heterocycles. The number of amides is 1. The Morgan fingerprint density at radius 2 is 1.40 bits per heavy atom. The second-order valence-corrected chi connectivity index (χ2v) is 8.69. The van der Waals surface area contributed by atoms with Crippen LogP contribution in [0.25, 0.3) is 0 Å².